The lowest BCUT2D eigenvalue weighted by molar-refractivity contribution is 0.597. The van der Waals surface area contributed by atoms with Gasteiger partial charge in [-0.05, 0) is 59.5 Å². The van der Waals surface area contributed by atoms with Gasteiger partial charge in [-0.25, -0.2) is 0 Å². The van der Waals surface area contributed by atoms with Crippen LogP contribution in [0.3, 0.4) is 0 Å². The molecule has 3 nitrogen and oxygen atoms in total. The lowest BCUT2D eigenvalue weighted by Crippen LogP contribution is -2.22. The molecule has 0 spiro atoms. The third-order valence-electron chi connectivity index (χ3n) is 2.83. The van der Waals surface area contributed by atoms with Crippen LogP contribution in [0.2, 0.25) is 0 Å². The molecule has 0 saturated carbocycles. The minimum atomic E-state index is 0.269. The second-order valence-corrected chi connectivity index (χ2v) is 7.01. The Bertz CT molecular complexity index is 492. The number of hydrogen-bond donors (Lipinski definition) is 1. The van der Waals surface area contributed by atoms with Crippen LogP contribution in [0.1, 0.15) is 37.4 Å². The molecule has 0 aliphatic rings. The SMILES string of the molecule is CCCNC(c1csc(I)c1)c1cnn(CC)c1. The Balaban J connectivity index is 2.24. The predicted octanol–water partition coefficient (Wildman–Crippen LogP) is 3.66. The van der Waals surface area contributed by atoms with Gasteiger partial charge in [-0.3, -0.25) is 4.68 Å². The first-order valence-corrected chi connectivity index (χ1v) is 8.20. The fraction of sp³-hybridized carbons (Fsp3) is 0.462. The molecule has 0 bridgehead atoms. The first-order valence-electron chi connectivity index (χ1n) is 6.24. The van der Waals surface area contributed by atoms with Gasteiger partial charge in [0.25, 0.3) is 0 Å². The fourth-order valence-electron chi connectivity index (χ4n) is 1.89. The Morgan fingerprint density at radius 3 is 2.83 bits per heavy atom. The summed E-state index contributed by atoms with van der Waals surface area (Å²) in [6.07, 6.45) is 5.25. The summed E-state index contributed by atoms with van der Waals surface area (Å²) < 4.78 is 3.31. The van der Waals surface area contributed by atoms with Crippen molar-refractivity contribution in [3.63, 3.8) is 0 Å². The first-order chi connectivity index (χ1) is 8.74. The third kappa shape index (κ3) is 3.33. The normalized spacial score (nSPS) is 12.8. The zero-order valence-electron chi connectivity index (χ0n) is 10.7. The van der Waals surface area contributed by atoms with Gasteiger partial charge in [0.15, 0.2) is 0 Å². The Labute approximate surface area is 126 Å². The van der Waals surface area contributed by atoms with Crippen molar-refractivity contribution in [3.05, 3.63) is 37.9 Å². The van der Waals surface area contributed by atoms with Crippen LogP contribution in [-0.4, -0.2) is 16.3 Å². The van der Waals surface area contributed by atoms with E-state index in [1.807, 2.05) is 10.9 Å². The maximum Gasteiger partial charge on any atom is 0.0656 e. The van der Waals surface area contributed by atoms with Gasteiger partial charge in [0.2, 0.25) is 0 Å². The van der Waals surface area contributed by atoms with Crippen LogP contribution in [-0.2, 0) is 6.54 Å². The highest BCUT2D eigenvalue weighted by Crippen LogP contribution is 2.27. The van der Waals surface area contributed by atoms with E-state index < -0.39 is 0 Å². The molecule has 1 atom stereocenters. The molecule has 0 saturated heterocycles. The first kappa shape index (κ1) is 14.0. The van der Waals surface area contributed by atoms with Crippen LogP contribution in [0.5, 0.6) is 0 Å². The number of aromatic nitrogens is 2. The molecule has 18 heavy (non-hydrogen) atoms. The van der Waals surface area contributed by atoms with E-state index in [1.54, 1.807) is 11.3 Å². The highest BCUT2D eigenvalue weighted by molar-refractivity contribution is 14.1. The van der Waals surface area contributed by atoms with E-state index in [0.717, 1.165) is 19.5 Å². The van der Waals surface area contributed by atoms with Gasteiger partial charge in [0.05, 0.1) is 15.1 Å². The zero-order chi connectivity index (χ0) is 13.0. The molecule has 0 fully saturated rings. The molecule has 2 aromatic heterocycles. The minimum absolute atomic E-state index is 0.269. The Morgan fingerprint density at radius 2 is 2.28 bits per heavy atom. The second kappa shape index (κ2) is 6.68. The Hall–Kier alpha value is -0.400. The molecule has 0 amide bonds. The van der Waals surface area contributed by atoms with E-state index in [0.29, 0.717) is 0 Å². The van der Waals surface area contributed by atoms with Gasteiger partial charge in [-0.15, -0.1) is 11.3 Å². The summed E-state index contributed by atoms with van der Waals surface area (Å²) >= 11 is 4.17. The van der Waals surface area contributed by atoms with Crippen LogP contribution in [0.4, 0.5) is 0 Å². The standard InChI is InChI=1S/C13H18IN3S/c1-3-5-15-13(10-6-12(14)18-9-10)11-7-16-17(4-2)8-11/h6-9,13,15H,3-5H2,1-2H3. The van der Waals surface area contributed by atoms with Crippen molar-refractivity contribution in [2.45, 2.75) is 32.9 Å². The smallest absolute Gasteiger partial charge is 0.0656 e. The third-order valence-corrected chi connectivity index (χ3v) is 4.64. The highest BCUT2D eigenvalue weighted by atomic mass is 127. The summed E-state index contributed by atoms with van der Waals surface area (Å²) in [6.45, 7) is 6.24. The maximum atomic E-state index is 4.37. The monoisotopic (exact) mass is 375 g/mol. The van der Waals surface area contributed by atoms with Crippen LogP contribution in [0.25, 0.3) is 0 Å². The van der Waals surface area contributed by atoms with Crippen molar-refractivity contribution in [1.29, 1.82) is 0 Å². The van der Waals surface area contributed by atoms with Crippen molar-refractivity contribution in [2.75, 3.05) is 6.54 Å². The Kier molecular flexibility index (Phi) is 5.20. The van der Waals surface area contributed by atoms with E-state index in [-0.39, 0.29) is 6.04 Å². The van der Waals surface area contributed by atoms with Crippen LogP contribution >= 0.6 is 33.9 Å². The summed E-state index contributed by atoms with van der Waals surface area (Å²) in [5.41, 5.74) is 2.59. The van der Waals surface area contributed by atoms with Gasteiger partial charge in [0.1, 0.15) is 0 Å². The maximum absolute atomic E-state index is 4.37. The van der Waals surface area contributed by atoms with Gasteiger partial charge in [-0.2, -0.15) is 5.10 Å². The molecule has 0 aromatic carbocycles. The lowest BCUT2D eigenvalue weighted by atomic mass is 10.1. The molecule has 1 unspecified atom stereocenters. The van der Waals surface area contributed by atoms with E-state index in [1.165, 1.54) is 14.0 Å². The molecule has 1 N–H and O–H groups in total. The molecular formula is C13H18IN3S. The van der Waals surface area contributed by atoms with Gasteiger partial charge >= 0.3 is 0 Å². The van der Waals surface area contributed by atoms with Crippen molar-refractivity contribution in [1.82, 2.24) is 15.1 Å². The molecule has 98 valence electrons. The summed E-state index contributed by atoms with van der Waals surface area (Å²) in [4.78, 5) is 0. The summed E-state index contributed by atoms with van der Waals surface area (Å²) in [7, 11) is 0. The summed E-state index contributed by atoms with van der Waals surface area (Å²) in [5, 5.41) is 10.2. The minimum Gasteiger partial charge on any atom is -0.306 e. The van der Waals surface area contributed by atoms with E-state index >= 15 is 0 Å². The van der Waals surface area contributed by atoms with E-state index in [2.05, 4.69) is 64.5 Å². The van der Waals surface area contributed by atoms with Crippen LogP contribution < -0.4 is 5.32 Å². The molecule has 2 heterocycles. The van der Waals surface area contributed by atoms with Crippen molar-refractivity contribution in [3.8, 4) is 0 Å². The number of aryl methyl sites for hydroxylation is 1. The molecule has 2 rings (SSSR count). The quantitative estimate of drug-likeness (QED) is 0.781. The zero-order valence-corrected chi connectivity index (χ0v) is 13.7. The molecule has 2 aromatic rings. The Morgan fingerprint density at radius 1 is 1.44 bits per heavy atom. The largest absolute Gasteiger partial charge is 0.306 e. The van der Waals surface area contributed by atoms with Gasteiger partial charge in [0, 0.05) is 18.3 Å². The molecule has 5 heteroatoms. The van der Waals surface area contributed by atoms with Crippen molar-refractivity contribution < 1.29 is 0 Å². The predicted molar refractivity (Wildman–Crippen MR) is 85.1 cm³/mol. The number of halogens is 1. The molecule has 0 aliphatic carbocycles. The number of rotatable bonds is 6. The van der Waals surface area contributed by atoms with Gasteiger partial charge < -0.3 is 5.32 Å². The van der Waals surface area contributed by atoms with E-state index in [4.69, 9.17) is 0 Å². The lowest BCUT2D eigenvalue weighted by Gasteiger charge is -2.15. The van der Waals surface area contributed by atoms with E-state index in [9.17, 15) is 0 Å². The fourth-order valence-corrected chi connectivity index (χ4v) is 3.29. The average Bonchev–Trinajstić information content (AvgIpc) is 2.99. The summed E-state index contributed by atoms with van der Waals surface area (Å²) in [6, 6.07) is 2.52. The summed E-state index contributed by atoms with van der Waals surface area (Å²) in [5.74, 6) is 0. The number of thiophene rings is 1. The molecular weight excluding hydrogens is 357 g/mol. The second-order valence-electron chi connectivity index (χ2n) is 4.20. The molecule has 0 radical (unpaired) electrons. The van der Waals surface area contributed by atoms with Crippen LogP contribution in [0.15, 0.2) is 23.8 Å². The van der Waals surface area contributed by atoms with Crippen molar-refractivity contribution in [2.24, 2.45) is 0 Å². The van der Waals surface area contributed by atoms with Crippen LogP contribution in [0, 0.1) is 2.88 Å². The molecule has 0 aliphatic heterocycles. The number of nitrogens with zero attached hydrogens (tertiary/aromatic N) is 2. The number of hydrogen-bond acceptors (Lipinski definition) is 3. The van der Waals surface area contributed by atoms with Gasteiger partial charge in [-0.1, -0.05) is 6.92 Å². The average molecular weight is 375 g/mol. The topological polar surface area (TPSA) is 29.9 Å². The highest BCUT2D eigenvalue weighted by Gasteiger charge is 2.16. The van der Waals surface area contributed by atoms with Crippen molar-refractivity contribution >= 4 is 33.9 Å². The number of nitrogens with one attached hydrogen (secondary N) is 1.